The minimum atomic E-state index is -4.92. The third-order valence-electron chi connectivity index (χ3n) is 4.17. The summed E-state index contributed by atoms with van der Waals surface area (Å²) >= 11 is 0. The van der Waals surface area contributed by atoms with Crippen LogP contribution in [0.25, 0.3) is 10.9 Å². The maximum Gasteiger partial charge on any atom is 0.419 e. The van der Waals surface area contributed by atoms with Crippen LogP contribution in [0.1, 0.15) is 28.4 Å². The molecular weight excluding hydrogens is 378 g/mol. The highest BCUT2D eigenvalue weighted by atomic mass is 19.4. The highest BCUT2D eigenvalue weighted by molar-refractivity contribution is 5.94. The van der Waals surface area contributed by atoms with Crippen molar-refractivity contribution in [2.75, 3.05) is 6.61 Å². The number of aromatic nitrogens is 1. The molecule has 2 aromatic carbocycles. The fourth-order valence-corrected chi connectivity index (χ4v) is 2.89. The van der Waals surface area contributed by atoms with E-state index in [1.165, 1.54) is 4.57 Å². The van der Waals surface area contributed by atoms with Crippen LogP contribution in [0.3, 0.4) is 0 Å². The van der Waals surface area contributed by atoms with Crippen LogP contribution in [0.5, 0.6) is 0 Å². The molecule has 0 fully saturated rings. The normalized spacial score (nSPS) is 11.6. The Balaban J connectivity index is 2.31. The molecule has 0 aliphatic rings. The Kier molecular flexibility index (Phi) is 5.22. The summed E-state index contributed by atoms with van der Waals surface area (Å²) in [5, 5.41) is -0.327. The van der Waals surface area contributed by atoms with E-state index in [1.54, 1.807) is 37.3 Å². The Morgan fingerprint density at radius 2 is 1.82 bits per heavy atom. The van der Waals surface area contributed by atoms with E-state index >= 15 is 0 Å². The summed E-state index contributed by atoms with van der Waals surface area (Å²) in [5.41, 5.74) is -2.14. The van der Waals surface area contributed by atoms with Gasteiger partial charge in [-0.1, -0.05) is 30.3 Å². The molecule has 0 bridgehead atoms. The number of halogens is 4. The average Bonchev–Trinajstić information content (AvgIpc) is 2.64. The maximum absolute atomic E-state index is 14.1. The molecule has 3 aromatic rings. The van der Waals surface area contributed by atoms with Crippen LogP contribution in [0.2, 0.25) is 0 Å². The second-order valence-electron chi connectivity index (χ2n) is 6.05. The lowest BCUT2D eigenvalue weighted by Crippen LogP contribution is -2.22. The van der Waals surface area contributed by atoms with Gasteiger partial charge in [0.2, 0.25) is 5.43 Å². The average molecular weight is 393 g/mol. The van der Waals surface area contributed by atoms with Gasteiger partial charge in [-0.3, -0.25) is 4.79 Å². The second-order valence-corrected chi connectivity index (χ2v) is 6.05. The van der Waals surface area contributed by atoms with Gasteiger partial charge in [0.15, 0.2) is 0 Å². The van der Waals surface area contributed by atoms with E-state index in [-0.39, 0.29) is 29.6 Å². The van der Waals surface area contributed by atoms with Gasteiger partial charge in [-0.2, -0.15) is 13.2 Å². The molecular formula is C20H15F4NO3. The molecule has 1 heterocycles. The zero-order valence-corrected chi connectivity index (χ0v) is 14.7. The number of hydrogen-bond donors (Lipinski definition) is 0. The molecule has 8 heteroatoms. The quantitative estimate of drug-likeness (QED) is 0.488. The number of hydrogen-bond acceptors (Lipinski definition) is 3. The van der Waals surface area contributed by atoms with Crippen LogP contribution in [-0.4, -0.2) is 17.1 Å². The van der Waals surface area contributed by atoms with Crippen molar-refractivity contribution >= 4 is 16.9 Å². The summed E-state index contributed by atoms with van der Waals surface area (Å²) in [5.74, 6) is -2.50. The van der Waals surface area contributed by atoms with Crippen LogP contribution < -0.4 is 5.43 Å². The Hall–Kier alpha value is -3.16. The fourth-order valence-electron chi connectivity index (χ4n) is 2.89. The van der Waals surface area contributed by atoms with Crippen LogP contribution in [-0.2, 0) is 17.5 Å². The molecule has 146 valence electrons. The molecule has 0 N–H and O–H groups in total. The van der Waals surface area contributed by atoms with Crippen molar-refractivity contribution in [3.63, 3.8) is 0 Å². The van der Waals surface area contributed by atoms with Gasteiger partial charge in [0.1, 0.15) is 11.4 Å². The molecule has 0 amide bonds. The molecule has 28 heavy (non-hydrogen) atoms. The topological polar surface area (TPSA) is 48.3 Å². The number of esters is 1. The molecule has 0 unspecified atom stereocenters. The van der Waals surface area contributed by atoms with Gasteiger partial charge < -0.3 is 9.30 Å². The molecule has 0 atom stereocenters. The van der Waals surface area contributed by atoms with E-state index in [1.807, 2.05) is 0 Å². The lowest BCUT2D eigenvalue weighted by atomic mass is 10.1. The number of carbonyl (C=O) groups is 1. The number of pyridine rings is 1. The minimum Gasteiger partial charge on any atom is -0.462 e. The summed E-state index contributed by atoms with van der Waals surface area (Å²) < 4.78 is 59.6. The zero-order valence-electron chi connectivity index (χ0n) is 14.7. The third-order valence-corrected chi connectivity index (χ3v) is 4.17. The Bertz CT molecular complexity index is 1090. The second kappa shape index (κ2) is 7.46. The third kappa shape index (κ3) is 3.76. The molecule has 0 aliphatic carbocycles. The van der Waals surface area contributed by atoms with Crippen molar-refractivity contribution in [1.29, 1.82) is 0 Å². The number of benzene rings is 2. The van der Waals surface area contributed by atoms with Gasteiger partial charge in [-0.15, -0.1) is 0 Å². The number of ether oxygens (including phenoxy) is 1. The highest BCUT2D eigenvalue weighted by Crippen LogP contribution is 2.33. The fraction of sp³-hybridized carbons (Fsp3) is 0.200. The first-order valence-corrected chi connectivity index (χ1v) is 8.37. The molecule has 0 radical (unpaired) electrons. The Morgan fingerprint density at radius 1 is 1.14 bits per heavy atom. The van der Waals surface area contributed by atoms with Crippen molar-refractivity contribution in [2.24, 2.45) is 0 Å². The van der Waals surface area contributed by atoms with Crippen molar-refractivity contribution in [1.82, 2.24) is 4.57 Å². The molecule has 0 saturated heterocycles. The van der Waals surface area contributed by atoms with Crippen molar-refractivity contribution < 1.29 is 27.1 Å². The first kappa shape index (κ1) is 19.6. The summed E-state index contributed by atoms with van der Waals surface area (Å²) in [6.45, 7) is 1.64. The largest absolute Gasteiger partial charge is 0.462 e. The number of alkyl halides is 3. The van der Waals surface area contributed by atoms with Crippen molar-refractivity contribution in [3.8, 4) is 0 Å². The zero-order chi connectivity index (χ0) is 20.5. The maximum atomic E-state index is 14.1. The monoisotopic (exact) mass is 393 g/mol. The SMILES string of the molecule is CCOC(=O)c1cn(Cc2ccccc2)c2cc(C(F)(F)F)c(F)cc2c1=O. The molecule has 4 nitrogen and oxygen atoms in total. The predicted octanol–water partition coefficient (Wildman–Crippen LogP) is 4.38. The van der Waals surface area contributed by atoms with E-state index in [2.05, 4.69) is 0 Å². The van der Waals surface area contributed by atoms with E-state index in [0.717, 1.165) is 11.8 Å². The lowest BCUT2D eigenvalue weighted by molar-refractivity contribution is -0.139. The highest BCUT2D eigenvalue weighted by Gasteiger charge is 2.35. The number of rotatable bonds is 4. The van der Waals surface area contributed by atoms with Crippen molar-refractivity contribution in [2.45, 2.75) is 19.6 Å². The molecule has 1 aromatic heterocycles. The van der Waals surface area contributed by atoms with Gasteiger partial charge in [0.25, 0.3) is 0 Å². The first-order chi connectivity index (χ1) is 13.2. The van der Waals surface area contributed by atoms with Gasteiger partial charge in [-0.25, -0.2) is 9.18 Å². The number of fused-ring (bicyclic) bond motifs is 1. The predicted molar refractivity (Wildman–Crippen MR) is 94.7 cm³/mol. The molecule has 0 spiro atoms. The van der Waals surface area contributed by atoms with E-state index < -0.39 is 29.0 Å². The van der Waals surface area contributed by atoms with Crippen LogP contribution in [0, 0.1) is 5.82 Å². The molecule has 0 aliphatic heterocycles. The van der Waals surface area contributed by atoms with Crippen LogP contribution in [0.4, 0.5) is 17.6 Å². The lowest BCUT2D eigenvalue weighted by Gasteiger charge is -2.16. The number of nitrogens with zero attached hydrogens (tertiary/aromatic N) is 1. The summed E-state index contributed by atoms with van der Waals surface area (Å²) in [6, 6.07) is 9.84. The van der Waals surface area contributed by atoms with E-state index in [4.69, 9.17) is 4.74 Å². The van der Waals surface area contributed by atoms with Crippen molar-refractivity contribution in [3.05, 3.63) is 81.4 Å². The minimum absolute atomic E-state index is 0.0103. The van der Waals surface area contributed by atoms with E-state index in [0.29, 0.717) is 12.1 Å². The van der Waals surface area contributed by atoms with Gasteiger partial charge >= 0.3 is 12.1 Å². The standard InChI is InChI=1S/C20H15F4NO3/c1-2-28-19(27)14-11-25(10-12-6-4-3-5-7-12)17-9-15(20(22,23)24)16(21)8-13(17)18(14)26/h3-9,11H,2,10H2,1H3. The van der Waals surface area contributed by atoms with E-state index in [9.17, 15) is 27.2 Å². The van der Waals surface area contributed by atoms with Gasteiger partial charge in [0, 0.05) is 18.1 Å². The Labute approximate surface area is 157 Å². The van der Waals surface area contributed by atoms with Gasteiger partial charge in [0.05, 0.1) is 17.7 Å². The smallest absolute Gasteiger partial charge is 0.419 e. The number of carbonyl (C=O) groups excluding carboxylic acids is 1. The van der Waals surface area contributed by atoms with Crippen LogP contribution in [0.15, 0.2) is 53.5 Å². The summed E-state index contributed by atoms with van der Waals surface area (Å²) in [6.07, 6.45) is -3.78. The summed E-state index contributed by atoms with van der Waals surface area (Å²) in [4.78, 5) is 24.7. The summed E-state index contributed by atoms with van der Waals surface area (Å²) in [7, 11) is 0. The molecule has 3 rings (SSSR count). The first-order valence-electron chi connectivity index (χ1n) is 8.37. The Morgan fingerprint density at radius 3 is 2.43 bits per heavy atom. The van der Waals surface area contributed by atoms with Gasteiger partial charge in [-0.05, 0) is 24.6 Å². The van der Waals surface area contributed by atoms with Crippen LogP contribution >= 0.6 is 0 Å². The molecule has 0 saturated carbocycles.